The van der Waals surface area contributed by atoms with Crippen molar-refractivity contribution in [3.8, 4) is 0 Å². The molecular weight excluding hydrogens is 208 g/mol. The summed E-state index contributed by atoms with van der Waals surface area (Å²) in [6.45, 7) is 15.0. The Morgan fingerprint density at radius 1 is 1.00 bits per heavy atom. The third-order valence-corrected chi connectivity index (χ3v) is 3.22. The van der Waals surface area contributed by atoms with Gasteiger partial charge in [-0.25, -0.2) is 0 Å². The molecule has 1 fully saturated rings. The van der Waals surface area contributed by atoms with Gasteiger partial charge in [-0.3, -0.25) is 0 Å². The van der Waals surface area contributed by atoms with Crippen LogP contribution in [0, 0.1) is 5.92 Å². The van der Waals surface area contributed by atoms with Crippen LogP contribution in [0.25, 0.3) is 0 Å². The van der Waals surface area contributed by atoms with Gasteiger partial charge in [-0.1, -0.05) is 47.5 Å². The van der Waals surface area contributed by atoms with Crippen molar-refractivity contribution in [2.75, 3.05) is 26.2 Å². The first kappa shape index (κ1) is 19.3. The fourth-order valence-electron chi connectivity index (χ4n) is 2.17. The molecule has 1 heterocycles. The van der Waals surface area contributed by atoms with Crippen LogP contribution < -0.4 is 5.73 Å². The predicted octanol–water partition coefficient (Wildman–Crippen LogP) is 3.90. The lowest BCUT2D eigenvalue weighted by atomic mass is 9.91. The topological polar surface area (TPSA) is 29.3 Å². The van der Waals surface area contributed by atoms with E-state index in [9.17, 15) is 0 Å². The van der Waals surface area contributed by atoms with Gasteiger partial charge >= 0.3 is 0 Å². The van der Waals surface area contributed by atoms with Crippen molar-refractivity contribution in [2.24, 2.45) is 11.7 Å². The van der Waals surface area contributed by atoms with Gasteiger partial charge < -0.3 is 10.6 Å². The van der Waals surface area contributed by atoms with Crippen molar-refractivity contribution in [3.05, 3.63) is 0 Å². The van der Waals surface area contributed by atoms with Crippen LogP contribution in [0.5, 0.6) is 0 Å². The van der Waals surface area contributed by atoms with Crippen LogP contribution in [0.15, 0.2) is 0 Å². The molecule has 1 saturated heterocycles. The van der Waals surface area contributed by atoms with Crippen LogP contribution in [0.4, 0.5) is 0 Å². The number of unbranched alkanes of at least 4 members (excludes halogenated alkanes) is 1. The highest BCUT2D eigenvalue weighted by atomic mass is 15.1. The van der Waals surface area contributed by atoms with Crippen molar-refractivity contribution >= 4 is 0 Å². The Bertz CT molecular complexity index is 115. The molecule has 2 heteroatoms. The summed E-state index contributed by atoms with van der Waals surface area (Å²) >= 11 is 0. The van der Waals surface area contributed by atoms with Crippen LogP contribution in [0.2, 0.25) is 0 Å². The second-order valence-electron chi connectivity index (χ2n) is 4.16. The Balaban J connectivity index is 0. The Kier molecular flexibility index (Phi) is 18.0. The minimum absolute atomic E-state index is 0.869. The number of hydrogen-bond acceptors (Lipinski definition) is 2. The van der Waals surface area contributed by atoms with Crippen LogP contribution in [-0.2, 0) is 0 Å². The van der Waals surface area contributed by atoms with E-state index >= 15 is 0 Å². The van der Waals surface area contributed by atoms with Gasteiger partial charge in [-0.05, 0) is 51.4 Å². The summed E-state index contributed by atoms with van der Waals surface area (Å²) in [7, 11) is 0. The van der Waals surface area contributed by atoms with Crippen LogP contribution in [-0.4, -0.2) is 31.1 Å². The Morgan fingerprint density at radius 2 is 1.53 bits per heavy atom. The lowest BCUT2D eigenvalue weighted by Crippen LogP contribution is -2.33. The van der Waals surface area contributed by atoms with Crippen molar-refractivity contribution in [1.29, 1.82) is 0 Å². The average molecular weight is 244 g/mol. The lowest BCUT2D eigenvalue weighted by Gasteiger charge is -2.30. The molecule has 0 aromatic heterocycles. The molecule has 0 radical (unpaired) electrons. The van der Waals surface area contributed by atoms with E-state index in [1.54, 1.807) is 0 Å². The molecule has 0 bridgehead atoms. The summed E-state index contributed by atoms with van der Waals surface area (Å²) in [5.74, 6) is 0.995. The van der Waals surface area contributed by atoms with E-state index in [1.165, 1.54) is 51.7 Å². The summed E-state index contributed by atoms with van der Waals surface area (Å²) in [4.78, 5) is 2.55. The molecule has 0 aromatic rings. The second-order valence-corrected chi connectivity index (χ2v) is 4.16. The summed E-state index contributed by atoms with van der Waals surface area (Å²) in [6, 6.07) is 0. The zero-order chi connectivity index (χ0) is 13.5. The summed E-state index contributed by atoms with van der Waals surface area (Å²) in [5.41, 5.74) is 5.48. The maximum atomic E-state index is 5.48. The van der Waals surface area contributed by atoms with Gasteiger partial charge in [0.25, 0.3) is 0 Å². The standard InChI is InChI=1S/C11H24N2.2C2H6/c1-2-13-9-6-11(7-10-13)5-3-4-8-12;2*1-2/h11H,2-10,12H2,1H3;2*1-2H3. The molecule has 1 aliphatic rings. The third-order valence-electron chi connectivity index (χ3n) is 3.22. The minimum Gasteiger partial charge on any atom is -0.330 e. The molecule has 106 valence electrons. The molecular formula is C15H36N2. The molecule has 2 N–H and O–H groups in total. The predicted molar refractivity (Wildman–Crippen MR) is 80.4 cm³/mol. The first-order chi connectivity index (χ1) is 8.36. The second kappa shape index (κ2) is 15.9. The third kappa shape index (κ3) is 10.8. The molecule has 0 aliphatic carbocycles. The first-order valence-corrected chi connectivity index (χ1v) is 7.79. The lowest BCUT2D eigenvalue weighted by molar-refractivity contribution is 0.185. The number of hydrogen-bond donors (Lipinski definition) is 1. The molecule has 0 atom stereocenters. The number of nitrogens with two attached hydrogens (primary N) is 1. The molecule has 0 spiro atoms. The van der Waals surface area contributed by atoms with Crippen LogP contribution in [0.3, 0.4) is 0 Å². The fraction of sp³-hybridized carbons (Fsp3) is 1.00. The normalized spacial score (nSPS) is 16.6. The summed E-state index contributed by atoms with van der Waals surface area (Å²) < 4.78 is 0. The van der Waals surface area contributed by atoms with Gasteiger partial charge in [-0.2, -0.15) is 0 Å². The highest BCUT2D eigenvalue weighted by molar-refractivity contribution is 4.71. The highest BCUT2D eigenvalue weighted by Crippen LogP contribution is 2.21. The van der Waals surface area contributed by atoms with Crippen molar-refractivity contribution < 1.29 is 0 Å². The summed E-state index contributed by atoms with van der Waals surface area (Å²) in [5, 5.41) is 0. The smallest absolute Gasteiger partial charge is 0.00162 e. The Morgan fingerprint density at radius 3 is 1.94 bits per heavy atom. The first-order valence-electron chi connectivity index (χ1n) is 7.79. The van der Waals surface area contributed by atoms with E-state index in [-0.39, 0.29) is 0 Å². The van der Waals surface area contributed by atoms with Gasteiger partial charge in [0.15, 0.2) is 0 Å². The van der Waals surface area contributed by atoms with Crippen molar-refractivity contribution in [3.63, 3.8) is 0 Å². The van der Waals surface area contributed by atoms with Crippen LogP contribution in [0.1, 0.15) is 66.7 Å². The van der Waals surface area contributed by atoms with Gasteiger partial charge in [0.05, 0.1) is 0 Å². The number of likely N-dealkylation sites (tertiary alicyclic amines) is 1. The van der Waals surface area contributed by atoms with E-state index in [4.69, 9.17) is 5.73 Å². The fourth-order valence-corrected chi connectivity index (χ4v) is 2.17. The van der Waals surface area contributed by atoms with E-state index in [0.29, 0.717) is 0 Å². The number of nitrogens with zero attached hydrogens (tertiary/aromatic N) is 1. The van der Waals surface area contributed by atoms with Crippen molar-refractivity contribution in [2.45, 2.75) is 66.7 Å². The number of rotatable bonds is 5. The summed E-state index contributed by atoms with van der Waals surface area (Å²) in [6.07, 6.45) is 6.80. The largest absolute Gasteiger partial charge is 0.330 e. The van der Waals surface area contributed by atoms with E-state index in [1.807, 2.05) is 27.7 Å². The molecule has 2 nitrogen and oxygen atoms in total. The minimum atomic E-state index is 0.869. The maximum absolute atomic E-state index is 5.48. The average Bonchev–Trinajstić information content (AvgIpc) is 2.44. The van der Waals surface area contributed by atoms with Gasteiger partial charge in [0.1, 0.15) is 0 Å². The Hall–Kier alpha value is -0.0800. The molecule has 0 aromatic carbocycles. The molecule has 0 unspecified atom stereocenters. The van der Waals surface area contributed by atoms with Crippen LogP contribution >= 0.6 is 0 Å². The molecule has 0 saturated carbocycles. The van der Waals surface area contributed by atoms with Gasteiger partial charge in [0, 0.05) is 0 Å². The SMILES string of the molecule is CC.CC.CCN1CCC(CCCCN)CC1. The Labute approximate surface area is 110 Å². The van der Waals surface area contributed by atoms with E-state index < -0.39 is 0 Å². The molecule has 1 rings (SSSR count). The van der Waals surface area contributed by atoms with Gasteiger partial charge in [-0.15, -0.1) is 0 Å². The monoisotopic (exact) mass is 244 g/mol. The molecule has 1 aliphatic heterocycles. The van der Waals surface area contributed by atoms with E-state index in [2.05, 4.69) is 11.8 Å². The highest BCUT2D eigenvalue weighted by Gasteiger charge is 2.16. The zero-order valence-corrected chi connectivity index (χ0v) is 13.0. The van der Waals surface area contributed by atoms with Gasteiger partial charge in [0.2, 0.25) is 0 Å². The quantitative estimate of drug-likeness (QED) is 0.743. The number of piperidine rings is 1. The van der Waals surface area contributed by atoms with Crippen molar-refractivity contribution in [1.82, 2.24) is 4.90 Å². The molecule has 0 amide bonds. The maximum Gasteiger partial charge on any atom is -0.00162 e. The van der Waals surface area contributed by atoms with E-state index in [0.717, 1.165) is 12.5 Å². The molecule has 17 heavy (non-hydrogen) atoms. The zero-order valence-electron chi connectivity index (χ0n) is 13.0.